The van der Waals surface area contributed by atoms with Crippen molar-refractivity contribution in [1.82, 2.24) is 20.1 Å². The summed E-state index contributed by atoms with van der Waals surface area (Å²) in [6.07, 6.45) is 1.71. The van der Waals surface area contributed by atoms with Gasteiger partial charge in [-0.3, -0.25) is 9.89 Å². The summed E-state index contributed by atoms with van der Waals surface area (Å²) in [4.78, 5) is 14.8. The first-order chi connectivity index (χ1) is 15.3. The fourth-order valence-corrected chi connectivity index (χ4v) is 4.47. The largest absolute Gasteiger partial charge is 0.454 e. The van der Waals surface area contributed by atoms with Gasteiger partial charge >= 0.3 is 0 Å². The van der Waals surface area contributed by atoms with E-state index in [0.717, 1.165) is 60.8 Å². The Morgan fingerprint density at radius 1 is 1.16 bits per heavy atom. The number of aromatic nitrogens is 1. The Kier molecular flexibility index (Phi) is 7.53. The van der Waals surface area contributed by atoms with Gasteiger partial charge in [0.15, 0.2) is 17.5 Å². The molecular formula is C22H26IN5O3S. The Bertz CT molecular complexity index is 1050. The van der Waals surface area contributed by atoms with Gasteiger partial charge in [-0.25, -0.2) is 4.98 Å². The van der Waals surface area contributed by atoms with Gasteiger partial charge in [0, 0.05) is 39.8 Å². The van der Waals surface area contributed by atoms with Crippen molar-refractivity contribution < 1.29 is 13.9 Å². The SMILES string of the molecule is CN=C(NCc1coc(-c2cccs2)n1)N1CCN(Cc2ccc3c(c2)OCO3)CC1.I. The highest BCUT2D eigenvalue weighted by molar-refractivity contribution is 14.0. The van der Waals surface area contributed by atoms with E-state index in [1.54, 1.807) is 17.6 Å². The number of fused-ring (bicyclic) bond motifs is 1. The molecule has 3 aromatic rings. The molecule has 170 valence electrons. The lowest BCUT2D eigenvalue weighted by atomic mass is 10.1. The van der Waals surface area contributed by atoms with Crippen molar-refractivity contribution in [2.75, 3.05) is 40.0 Å². The molecule has 1 aromatic carbocycles. The van der Waals surface area contributed by atoms with Gasteiger partial charge in [-0.05, 0) is 29.1 Å². The molecular weight excluding hydrogens is 541 g/mol. The van der Waals surface area contributed by atoms with E-state index in [1.807, 2.05) is 30.6 Å². The number of piperazine rings is 1. The molecule has 8 nitrogen and oxygen atoms in total. The molecule has 2 aromatic heterocycles. The standard InChI is InChI=1S/C22H25N5O3S.HI/c1-23-22(24-12-17-14-28-21(25-17)20-3-2-10-31-20)27-8-6-26(7-9-27)13-16-4-5-18-19(11-16)30-15-29-18;/h2-5,10-11,14H,6-9,12-13,15H2,1H3,(H,23,24);1H. The summed E-state index contributed by atoms with van der Waals surface area (Å²) in [5, 5.41) is 5.43. The first kappa shape index (κ1) is 22.9. The van der Waals surface area contributed by atoms with Crippen LogP contribution in [0.4, 0.5) is 0 Å². The van der Waals surface area contributed by atoms with Crippen LogP contribution >= 0.6 is 35.3 Å². The Morgan fingerprint density at radius 2 is 2.00 bits per heavy atom. The summed E-state index contributed by atoms with van der Waals surface area (Å²) in [7, 11) is 1.82. The molecule has 1 fully saturated rings. The van der Waals surface area contributed by atoms with Gasteiger partial charge in [-0.15, -0.1) is 35.3 Å². The van der Waals surface area contributed by atoms with E-state index < -0.39 is 0 Å². The highest BCUT2D eigenvalue weighted by atomic mass is 127. The number of rotatable bonds is 5. The predicted octanol–water partition coefficient (Wildman–Crippen LogP) is 3.64. The quantitative estimate of drug-likeness (QED) is 0.287. The second kappa shape index (κ2) is 10.5. The van der Waals surface area contributed by atoms with Gasteiger partial charge in [-0.2, -0.15) is 0 Å². The molecule has 0 amide bonds. The van der Waals surface area contributed by atoms with Crippen molar-refractivity contribution in [3.63, 3.8) is 0 Å². The van der Waals surface area contributed by atoms with Gasteiger partial charge in [-0.1, -0.05) is 12.1 Å². The Balaban J connectivity index is 0.00000245. The van der Waals surface area contributed by atoms with Gasteiger partial charge < -0.3 is 24.1 Å². The second-order valence-corrected chi connectivity index (χ2v) is 8.42. The van der Waals surface area contributed by atoms with Gasteiger partial charge in [0.1, 0.15) is 6.26 Å². The zero-order valence-corrected chi connectivity index (χ0v) is 21.0. The lowest BCUT2D eigenvalue weighted by Crippen LogP contribution is -2.52. The van der Waals surface area contributed by atoms with Gasteiger partial charge in [0.05, 0.1) is 17.1 Å². The highest BCUT2D eigenvalue weighted by Crippen LogP contribution is 2.32. The fourth-order valence-electron chi connectivity index (χ4n) is 3.82. The number of ether oxygens (including phenoxy) is 2. The molecule has 4 heterocycles. The Morgan fingerprint density at radius 3 is 2.78 bits per heavy atom. The van der Waals surface area contributed by atoms with Crippen LogP contribution in [-0.4, -0.2) is 60.8 Å². The smallest absolute Gasteiger partial charge is 0.236 e. The molecule has 0 atom stereocenters. The second-order valence-electron chi connectivity index (χ2n) is 7.47. The molecule has 5 rings (SSSR count). The maximum atomic E-state index is 5.60. The highest BCUT2D eigenvalue weighted by Gasteiger charge is 2.21. The summed E-state index contributed by atoms with van der Waals surface area (Å²) in [5.74, 6) is 3.23. The van der Waals surface area contributed by atoms with Crippen molar-refractivity contribution in [3.8, 4) is 22.3 Å². The van der Waals surface area contributed by atoms with E-state index in [1.165, 1.54) is 5.56 Å². The van der Waals surface area contributed by atoms with Crippen molar-refractivity contribution >= 4 is 41.3 Å². The number of halogens is 1. The van der Waals surface area contributed by atoms with Crippen LogP contribution < -0.4 is 14.8 Å². The third-order valence-corrected chi connectivity index (χ3v) is 6.30. The molecule has 0 bridgehead atoms. The average molecular weight is 567 g/mol. The maximum Gasteiger partial charge on any atom is 0.236 e. The first-order valence-electron chi connectivity index (χ1n) is 10.3. The summed E-state index contributed by atoms with van der Waals surface area (Å²) in [6.45, 7) is 5.59. The minimum Gasteiger partial charge on any atom is -0.454 e. The lowest BCUT2D eigenvalue weighted by molar-refractivity contribution is 0.171. The number of thiophene rings is 1. The number of guanidine groups is 1. The van der Waals surface area contributed by atoms with E-state index >= 15 is 0 Å². The number of hydrogen-bond donors (Lipinski definition) is 1. The molecule has 2 aliphatic rings. The number of oxazole rings is 1. The van der Waals surface area contributed by atoms with Crippen LogP contribution in [0.2, 0.25) is 0 Å². The van der Waals surface area contributed by atoms with Gasteiger partial charge in [0.2, 0.25) is 12.7 Å². The molecule has 1 saturated heterocycles. The minimum absolute atomic E-state index is 0. The predicted molar refractivity (Wildman–Crippen MR) is 135 cm³/mol. The number of hydrogen-bond acceptors (Lipinski definition) is 7. The number of aliphatic imine (C=N–C) groups is 1. The average Bonchev–Trinajstić information content (AvgIpc) is 3.56. The molecule has 10 heteroatoms. The fraction of sp³-hybridized carbons (Fsp3) is 0.364. The minimum atomic E-state index is 0. The molecule has 1 N–H and O–H groups in total. The lowest BCUT2D eigenvalue weighted by Gasteiger charge is -2.36. The van der Waals surface area contributed by atoms with Gasteiger partial charge in [0.25, 0.3) is 0 Å². The van der Waals surface area contributed by atoms with Crippen LogP contribution in [-0.2, 0) is 13.1 Å². The molecule has 0 spiro atoms. The van der Waals surface area contributed by atoms with E-state index in [9.17, 15) is 0 Å². The maximum absolute atomic E-state index is 5.60. The molecule has 0 radical (unpaired) electrons. The zero-order chi connectivity index (χ0) is 21.0. The van der Waals surface area contributed by atoms with Crippen LogP contribution in [0.25, 0.3) is 10.8 Å². The van der Waals surface area contributed by atoms with Crippen LogP contribution in [0.1, 0.15) is 11.3 Å². The summed E-state index contributed by atoms with van der Waals surface area (Å²) in [5.41, 5.74) is 2.11. The molecule has 2 aliphatic heterocycles. The van der Waals surface area contributed by atoms with Crippen molar-refractivity contribution in [3.05, 3.63) is 53.2 Å². The molecule has 32 heavy (non-hydrogen) atoms. The van der Waals surface area contributed by atoms with Crippen molar-refractivity contribution in [2.24, 2.45) is 4.99 Å². The summed E-state index contributed by atoms with van der Waals surface area (Å²) < 4.78 is 16.5. The van der Waals surface area contributed by atoms with Crippen LogP contribution in [0, 0.1) is 0 Å². The molecule has 0 unspecified atom stereocenters. The number of benzene rings is 1. The zero-order valence-electron chi connectivity index (χ0n) is 17.8. The van der Waals surface area contributed by atoms with E-state index in [-0.39, 0.29) is 24.0 Å². The monoisotopic (exact) mass is 567 g/mol. The van der Waals surface area contributed by atoms with Crippen LogP contribution in [0.15, 0.2) is 51.4 Å². The normalized spacial score (nSPS) is 16.2. The Hall–Kier alpha value is -2.31. The molecule has 0 saturated carbocycles. The topological polar surface area (TPSA) is 75.4 Å². The molecule has 0 aliphatic carbocycles. The van der Waals surface area contributed by atoms with Crippen LogP contribution in [0.3, 0.4) is 0 Å². The van der Waals surface area contributed by atoms with Crippen LogP contribution in [0.5, 0.6) is 11.5 Å². The van der Waals surface area contributed by atoms with Crippen molar-refractivity contribution in [2.45, 2.75) is 13.1 Å². The Labute approximate surface area is 208 Å². The third-order valence-electron chi connectivity index (χ3n) is 5.44. The van der Waals surface area contributed by atoms with E-state index in [4.69, 9.17) is 13.9 Å². The number of nitrogens with zero attached hydrogens (tertiary/aromatic N) is 4. The summed E-state index contributed by atoms with van der Waals surface area (Å²) in [6, 6.07) is 10.2. The van der Waals surface area contributed by atoms with E-state index in [2.05, 4.69) is 37.2 Å². The van der Waals surface area contributed by atoms with E-state index in [0.29, 0.717) is 19.2 Å². The van der Waals surface area contributed by atoms with Crippen molar-refractivity contribution in [1.29, 1.82) is 0 Å². The first-order valence-corrected chi connectivity index (χ1v) is 11.2. The third kappa shape index (κ3) is 5.18. The summed E-state index contributed by atoms with van der Waals surface area (Å²) >= 11 is 1.62. The number of nitrogens with one attached hydrogen (secondary N) is 1.